The van der Waals surface area contributed by atoms with Crippen LogP contribution in [0.3, 0.4) is 0 Å². The summed E-state index contributed by atoms with van der Waals surface area (Å²) in [4.78, 5) is 23.4. The van der Waals surface area contributed by atoms with Gasteiger partial charge in [0.25, 0.3) is 0 Å². The van der Waals surface area contributed by atoms with Crippen molar-refractivity contribution in [1.82, 2.24) is 0 Å². The van der Waals surface area contributed by atoms with Crippen LogP contribution in [0.15, 0.2) is 24.0 Å². The van der Waals surface area contributed by atoms with Crippen LogP contribution in [0.25, 0.3) is 0 Å². The Labute approximate surface area is 146 Å². The number of hydrogen-bond acceptors (Lipinski definition) is 5. The lowest BCUT2D eigenvalue weighted by Gasteiger charge is -2.28. The molecule has 136 valence electrons. The molecule has 1 aromatic carbocycles. The molecule has 0 spiro atoms. The summed E-state index contributed by atoms with van der Waals surface area (Å²) in [6.45, 7) is 2.51. The molecule has 0 radical (unpaired) electrons. The summed E-state index contributed by atoms with van der Waals surface area (Å²) in [5.74, 6) is -0.852. The first kappa shape index (κ1) is 19.1. The first-order chi connectivity index (χ1) is 11.8. The fraction of sp³-hybridized carbons (Fsp3) is 0.474. The van der Waals surface area contributed by atoms with Gasteiger partial charge in [0.1, 0.15) is 23.1 Å². The number of rotatable bonds is 7. The molecule has 2 rings (SSSR count). The number of aliphatic hydroxyl groups is 1. The molecule has 2 unspecified atom stereocenters. The Morgan fingerprint density at radius 3 is 2.72 bits per heavy atom. The quantitative estimate of drug-likeness (QED) is 0.739. The lowest BCUT2D eigenvalue weighted by Crippen LogP contribution is -2.27. The SMILES string of the molecule is CC(=O)CC1CC(CCc2cc(O)c(C)cc2F)C(OCO)=CC1=O. The Bertz CT molecular complexity index is 695. The van der Waals surface area contributed by atoms with Crippen molar-refractivity contribution >= 4 is 11.6 Å². The number of ether oxygens (including phenoxy) is 1. The zero-order chi connectivity index (χ0) is 18.6. The maximum absolute atomic E-state index is 14.0. The van der Waals surface area contributed by atoms with Crippen LogP contribution in [0.5, 0.6) is 5.75 Å². The minimum Gasteiger partial charge on any atom is -0.508 e. The number of aromatic hydroxyl groups is 1. The van der Waals surface area contributed by atoms with E-state index < -0.39 is 18.5 Å². The van der Waals surface area contributed by atoms with Crippen LogP contribution in [0.2, 0.25) is 0 Å². The average Bonchev–Trinajstić information content (AvgIpc) is 2.53. The van der Waals surface area contributed by atoms with Crippen LogP contribution in [0, 0.1) is 24.6 Å². The lowest BCUT2D eigenvalue weighted by atomic mass is 9.79. The molecular weight excluding hydrogens is 327 g/mol. The maximum Gasteiger partial charge on any atom is 0.185 e. The second-order valence-electron chi connectivity index (χ2n) is 6.53. The summed E-state index contributed by atoms with van der Waals surface area (Å²) in [7, 11) is 0. The van der Waals surface area contributed by atoms with Crippen molar-refractivity contribution in [2.24, 2.45) is 11.8 Å². The molecule has 0 aliphatic heterocycles. The van der Waals surface area contributed by atoms with Gasteiger partial charge in [-0.05, 0) is 56.4 Å². The summed E-state index contributed by atoms with van der Waals surface area (Å²) >= 11 is 0. The summed E-state index contributed by atoms with van der Waals surface area (Å²) in [5, 5.41) is 18.8. The number of phenolic OH excluding ortho intramolecular Hbond substituents is 1. The van der Waals surface area contributed by atoms with Crippen molar-refractivity contribution in [2.75, 3.05) is 6.79 Å². The van der Waals surface area contributed by atoms with Crippen LogP contribution in [0.1, 0.15) is 37.3 Å². The summed E-state index contributed by atoms with van der Waals surface area (Å²) in [5.41, 5.74) is 0.849. The monoisotopic (exact) mass is 350 g/mol. The Morgan fingerprint density at radius 2 is 2.08 bits per heavy atom. The third kappa shape index (κ3) is 4.89. The van der Waals surface area contributed by atoms with Gasteiger partial charge in [-0.25, -0.2) is 4.39 Å². The first-order valence-corrected chi connectivity index (χ1v) is 8.28. The third-order valence-corrected chi connectivity index (χ3v) is 4.55. The fourth-order valence-corrected chi connectivity index (χ4v) is 3.20. The molecule has 0 amide bonds. The van der Waals surface area contributed by atoms with Gasteiger partial charge in [0, 0.05) is 24.3 Å². The average molecular weight is 350 g/mol. The summed E-state index contributed by atoms with van der Waals surface area (Å²) in [6.07, 6.45) is 2.74. The Hall–Kier alpha value is -2.21. The molecule has 0 fully saturated rings. The molecule has 1 aromatic rings. The molecule has 2 N–H and O–H groups in total. The van der Waals surface area contributed by atoms with E-state index in [1.807, 2.05) is 0 Å². The molecule has 1 aliphatic carbocycles. The van der Waals surface area contributed by atoms with Crippen LogP contribution in [0.4, 0.5) is 4.39 Å². The van der Waals surface area contributed by atoms with Crippen molar-refractivity contribution in [3.05, 3.63) is 40.9 Å². The second kappa shape index (κ2) is 8.25. The molecule has 0 bridgehead atoms. The van der Waals surface area contributed by atoms with E-state index in [4.69, 9.17) is 9.84 Å². The number of hydrogen-bond donors (Lipinski definition) is 2. The van der Waals surface area contributed by atoms with Gasteiger partial charge in [-0.1, -0.05) is 0 Å². The highest BCUT2D eigenvalue weighted by molar-refractivity contribution is 5.95. The third-order valence-electron chi connectivity index (χ3n) is 4.55. The highest BCUT2D eigenvalue weighted by atomic mass is 19.1. The van der Waals surface area contributed by atoms with Gasteiger partial charge in [-0.2, -0.15) is 0 Å². The van der Waals surface area contributed by atoms with Gasteiger partial charge >= 0.3 is 0 Å². The fourth-order valence-electron chi connectivity index (χ4n) is 3.20. The summed E-state index contributed by atoms with van der Waals surface area (Å²) in [6, 6.07) is 2.69. The minimum atomic E-state index is -0.549. The molecule has 1 aliphatic rings. The van der Waals surface area contributed by atoms with E-state index in [0.717, 1.165) is 0 Å². The number of allylic oxidation sites excluding steroid dienone is 2. The van der Waals surface area contributed by atoms with E-state index in [1.165, 1.54) is 25.1 Å². The number of Topliss-reactive ketones (excluding diaryl/α,β-unsaturated/α-hetero) is 1. The van der Waals surface area contributed by atoms with E-state index in [2.05, 4.69) is 0 Å². The number of aliphatic hydroxyl groups excluding tert-OH is 1. The molecular formula is C19H23FO5. The number of aryl methyl sites for hydroxylation is 2. The Kier molecular flexibility index (Phi) is 6.31. The first-order valence-electron chi connectivity index (χ1n) is 8.28. The van der Waals surface area contributed by atoms with Crippen molar-refractivity contribution < 1.29 is 28.9 Å². The normalized spacial score (nSPS) is 20.3. The predicted molar refractivity (Wildman–Crippen MR) is 89.3 cm³/mol. The molecule has 5 nitrogen and oxygen atoms in total. The zero-order valence-electron chi connectivity index (χ0n) is 14.4. The van der Waals surface area contributed by atoms with E-state index in [-0.39, 0.29) is 29.7 Å². The highest BCUT2D eigenvalue weighted by Gasteiger charge is 2.31. The minimum absolute atomic E-state index is 0.0343. The van der Waals surface area contributed by atoms with Gasteiger partial charge in [0.15, 0.2) is 12.6 Å². The molecule has 6 heteroatoms. The smallest absolute Gasteiger partial charge is 0.185 e. The molecule has 25 heavy (non-hydrogen) atoms. The van der Waals surface area contributed by atoms with Gasteiger partial charge in [0.05, 0.1) is 0 Å². The second-order valence-corrected chi connectivity index (χ2v) is 6.53. The van der Waals surface area contributed by atoms with Crippen LogP contribution >= 0.6 is 0 Å². The van der Waals surface area contributed by atoms with Crippen LogP contribution in [-0.4, -0.2) is 28.6 Å². The largest absolute Gasteiger partial charge is 0.508 e. The van der Waals surface area contributed by atoms with Crippen molar-refractivity contribution in [3.63, 3.8) is 0 Å². The molecule has 0 saturated heterocycles. The van der Waals surface area contributed by atoms with Crippen molar-refractivity contribution in [3.8, 4) is 5.75 Å². The van der Waals surface area contributed by atoms with E-state index in [9.17, 15) is 19.1 Å². The zero-order valence-corrected chi connectivity index (χ0v) is 14.4. The Morgan fingerprint density at radius 1 is 1.36 bits per heavy atom. The lowest BCUT2D eigenvalue weighted by molar-refractivity contribution is -0.125. The van der Waals surface area contributed by atoms with E-state index in [0.29, 0.717) is 36.1 Å². The number of benzene rings is 1. The molecule has 0 saturated carbocycles. The van der Waals surface area contributed by atoms with Gasteiger partial charge in [-0.3, -0.25) is 4.79 Å². The number of carbonyl (C=O) groups is 2. The number of carbonyl (C=O) groups excluding carboxylic acids is 2. The summed E-state index contributed by atoms with van der Waals surface area (Å²) < 4.78 is 19.2. The van der Waals surface area contributed by atoms with Gasteiger partial charge in [0.2, 0.25) is 0 Å². The molecule has 0 heterocycles. The predicted octanol–water partition coefficient (Wildman–Crippen LogP) is 2.81. The highest BCUT2D eigenvalue weighted by Crippen LogP contribution is 2.34. The standard InChI is InChI=1S/C19H23FO5/c1-11-5-16(20)13(8-17(11)23)3-4-14-7-15(6-12(2)22)18(24)9-19(14)25-10-21/h5,8-9,14-15,21,23H,3-4,6-7,10H2,1-2H3. The van der Waals surface area contributed by atoms with E-state index >= 15 is 0 Å². The van der Waals surface area contributed by atoms with E-state index in [1.54, 1.807) is 6.92 Å². The van der Waals surface area contributed by atoms with Gasteiger partial charge in [-0.15, -0.1) is 0 Å². The maximum atomic E-state index is 14.0. The number of phenols is 1. The Balaban J connectivity index is 2.14. The topological polar surface area (TPSA) is 83.8 Å². The van der Waals surface area contributed by atoms with Crippen LogP contribution < -0.4 is 0 Å². The van der Waals surface area contributed by atoms with Crippen LogP contribution in [-0.2, 0) is 20.7 Å². The molecule has 2 atom stereocenters. The van der Waals surface area contributed by atoms with Crippen molar-refractivity contribution in [1.29, 1.82) is 0 Å². The number of halogens is 1. The molecule has 0 aromatic heterocycles. The van der Waals surface area contributed by atoms with Gasteiger partial charge < -0.3 is 19.7 Å². The van der Waals surface area contributed by atoms with Crippen molar-refractivity contribution in [2.45, 2.75) is 39.5 Å². The number of ketones is 2.